The standard InChI is InChI=1S/C22H28FN3O2/c23-19-9-5-4-8-17(19)14-22(20(27)24-21(28)25-22)18-10-12-26(13-11-18)15-16-6-2-1-3-7-16/h1-2,4-5,8-9,16,18H,3,6-7,10-15H2,(H2,24,25,27,28). The lowest BCUT2D eigenvalue weighted by atomic mass is 9.74. The Morgan fingerprint density at radius 2 is 1.89 bits per heavy atom. The van der Waals surface area contributed by atoms with E-state index in [-0.39, 0.29) is 24.1 Å². The maximum absolute atomic E-state index is 14.3. The third-order valence-electron chi connectivity index (χ3n) is 6.57. The minimum Gasteiger partial charge on any atom is -0.323 e. The average Bonchev–Trinajstić information content (AvgIpc) is 2.99. The van der Waals surface area contributed by atoms with E-state index in [0.29, 0.717) is 11.5 Å². The Balaban J connectivity index is 1.46. The van der Waals surface area contributed by atoms with Gasteiger partial charge in [-0.3, -0.25) is 10.1 Å². The van der Waals surface area contributed by atoms with Crippen LogP contribution in [0, 0.1) is 17.7 Å². The first-order valence-corrected chi connectivity index (χ1v) is 10.3. The Hall–Kier alpha value is -2.21. The van der Waals surface area contributed by atoms with Gasteiger partial charge in [-0.15, -0.1) is 0 Å². The Morgan fingerprint density at radius 1 is 1.11 bits per heavy atom. The summed E-state index contributed by atoms with van der Waals surface area (Å²) < 4.78 is 14.3. The maximum atomic E-state index is 14.3. The Bertz CT molecular complexity index is 773. The summed E-state index contributed by atoms with van der Waals surface area (Å²) in [6.45, 7) is 2.91. The van der Waals surface area contributed by atoms with Crippen molar-refractivity contribution < 1.29 is 14.0 Å². The van der Waals surface area contributed by atoms with E-state index in [2.05, 4.69) is 27.7 Å². The summed E-state index contributed by atoms with van der Waals surface area (Å²) in [6, 6.07) is 6.02. The van der Waals surface area contributed by atoms with Crippen LogP contribution in [0.15, 0.2) is 36.4 Å². The van der Waals surface area contributed by atoms with Crippen LogP contribution in [-0.4, -0.2) is 42.0 Å². The van der Waals surface area contributed by atoms with E-state index in [9.17, 15) is 14.0 Å². The summed E-state index contributed by atoms with van der Waals surface area (Å²) in [5.41, 5.74) is -0.588. The summed E-state index contributed by atoms with van der Waals surface area (Å²) in [7, 11) is 0. The van der Waals surface area contributed by atoms with Gasteiger partial charge in [0.15, 0.2) is 0 Å². The molecule has 2 heterocycles. The number of rotatable bonds is 5. The van der Waals surface area contributed by atoms with Crippen molar-refractivity contribution in [2.45, 2.75) is 44.1 Å². The molecule has 4 rings (SSSR count). The van der Waals surface area contributed by atoms with Crippen molar-refractivity contribution in [1.29, 1.82) is 0 Å². The molecule has 0 bridgehead atoms. The van der Waals surface area contributed by atoms with Crippen molar-refractivity contribution >= 4 is 11.9 Å². The fourth-order valence-corrected chi connectivity index (χ4v) is 5.00. The van der Waals surface area contributed by atoms with Crippen LogP contribution in [0.1, 0.15) is 37.7 Å². The number of likely N-dealkylation sites (tertiary alicyclic amines) is 1. The van der Waals surface area contributed by atoms with Gasteiger partial charge in [0.05, 0.1) is 0 Å². The quantitative estimate of drug-likeness (QED) is 0.605. The highest BCUT2D eigenvalue weighted by atomic mass is 19.1. The van der Waals surface area contributed by atoms with Gasteiger partial charge < -0.3 is 10.2 Å². The predicted molar refractivity (Wildman–Crippen MR) is 105 cm³/mol. The molecular formula is C22H28FN3O2. The van der Waals surface area contributed by atoms with Gasteiger partial charge in [0.25, 0.3) is 5.91 Å². The molecule has 150 valence electrons. The Morgan fingerprint density at radius 3 is 2.54 bits per heavy atom. The van der Waals surface area contributed by atoms with Crippen molar-refractivity contribution in [3.63, 3.8) is 0 Å². The molecule has 0 spiro atoms. The minimum absolute atomic E-state index is 0.000979. The lowest BCUT2D eigenvalue weighted by Gasteiger charge is -2.41. The van der Waals surface area contributed by atoms with E-state index in [0.717, 1.165) is 38.9 Å². The molecule has 0 radical (unpaired) electrons. The molecule has 0 aromatic heterocycles. The monoisotopic (exact) mass is 385 g/mol. The number of allylic oxidation sites excluding steroid dienone is 2. The van der Waals surface area contributed by atoms with Gasteiger partial charge in [-0.25, -0.2) is 9.18 Å². The molecule has 3 aliphatic rings. The number of imide groups is 1. The molecular weight excluding hydrogens is 357 g/mol. The van der Waals surface area contributed by atoms with Crippen LogP contribution < -0.4 is 10.6 Å². The predicted octanol–water partition coefficient (Wildman–Crippen LogP) is 3.01. The van der Waals surface area contributed by atoms with E-state index in [1.54, 1.807) is 18.2 Å². The van der Waals surface area contributed by atoms with E-state index >= 15 is 0 Å². The highest BCUT2D eigenvalue weighted by molar-refractivity contribution is 6.07. The molecule has 2 aliphatic heterocycles. The topological polar surface area (TPSA) is 61.4 Å². The van der Waals surface area contributed by atoms with Gasteiger partial charge in [-0.2, -0.15) is 0 Å². The Kier molecular flexibility index (Phi) is 5.49. The molecule has 1 aliphatic carbocycles. The number of hydrogen-bond acceptors (Lipinski definition) is 3. The SMILES string of the molecule is O=C1NC(=O)C(Cc2ccccc2F)(C2CCN(CC3CC=CCC3)CC2)N1. The first-order valence-electron chi connectivity index (χ1n) is 10.3. The highest BCUT2D eigenvalue weighted by Crippen LogP contribution is 2.35. The molecule has 3 amide bonds. The third kappa shape index (κ3) is 3.83. The fraction of sp³-hybridized carbons (Fsp3) is 0.545. The smallest absolute Gasteiger partial charge is 0.322 e. The summed E-state index contributed by atoms with van der Waals surface area (Å²) in [4.78, 5) is 27.2. The first kappa shape index (κ1) is 19.1. The first-order chi connectivity index (χ1) is 13.6. The molecule has 2 fully saturated rings. The van der Waals surface area contributed by atoms with Gasteiger partial charge in [0, 0.05) is 13.0 Å². The number of nitrogens with zero attached hydrogens (tertiary/aromatic N) is 1. The number of halogens is 1. The van der Waals surface area contributed by atoms with Crippen LogP contribution >= 0.6 is 0 Å². The molecule has 1 aromatic carbocycles. The summed E-state index contributed by atoms with van der Waals surface area (Å²) in [5, 5.41) is 5.25. The molecule has 28 heavy (non-hydrogen) atoms. The lowest BCUT2D eigenvalue weighted by Crippen LogP contribution is -2.57. The van der Waals surface area contributed by atoms with Crippen LogP contribution in [0.5, 0.6) is 0 Å². The zero-order chi connectivity index (χ0) is 19.6. The number of carbonyl (C=O) groups is 2. The number of urea groups is 1. The van der Waals surface area contributed by atoms with Crippen molar-refractivity contribution in [3.05, 3.63) is 47.8 Å². The maximum Gasteiger partial charge on any atom is 0.322 e. The minimum atomic E-state index is -1.06. The molecule has 2 saturated heterocycles. The summed E-state index contributed by atoms with van der Waals surface area (Å²) in [5.74, 6) is 0.0553. The molecule has 6 heteroatoms. The molecule has 2 N–H and O–H groups in total. The van der Waals surface area contributed by atoms with Gasteiger partial charge >= 0.3 is 6.03 Å². The lowest BCUT2D eigenvalue weighted by molar-refractivity contribution is -0.126. The van der Waals surface area contributed by atoms with Gasteiger partial charge in [0.2, 0.25) is 0 Å². The average molecular weight is 385 g/mol. The number of piperidine rings is 1. The zero-order valence-electron chi connectivity index (χ0n) is 16.1. The molecule has 1 aromatic rings. The molecule has 5 nitrogen and oxygen atoms in total. The zero-order valence-corrected chi connectivity index (χ0v) is 16.1. The number of hydrogen-bond donors (Lipinski definition) is 2. The van der Waals surface area contributed by atoms with Gasteiger partial charge in [0.1, 0.15) is 11.4 Å². The number of amides is 3. The number of carbonyl (C=O) groups excluding carboxylic acids is 2. The van der Waals surface area contributed by atoms with Gasteiger partial charge in [-0.05, 0) is 68.7 Å². The van der Waals surface area contributed by atoms with E-state index in [1.807, 2.05) is 0 Å². The summed E-state index contributed by atoms with van der Waals surface area (Å²) in [6.07, 6.45) is 9.94. The van der Waals surface area contributed by atoms with Crippen LogP contribution in [-0.2, 0) is 11.2 Å². The van der Waals surface area contributed by atoms with Crippen LogP contribution in [0.3, 0.4) is 0 Å². The van der Waals surface area contributed by atoms with Crippen LogP contribution in [0.25, 0.3) is 0 Å². The molecule has 0 saturated carbocycles. The van der Waals surface area contributed by atoms with Crippen LogP contribution in [0.4, 0.5) is 9.18 Å². The number of nitrogens with one attached hydrogen (secondary N) is 2. The van der Waals surface area contributed by atoms with E-state index < -0.39 is 11.6 Å². The van der Waals surface area contributed by atoms with E-state index in [1.165, 1.54) is 18.9 Å². The molecule has 2 atom stereocenters. The highest BCUT2D eigenvalue weighted by Gasteiger charge is 2.52. The normalized spacial score (nSPS) is 29.0. The van der Waals surface area contributed by atoms with Gasteiger partial charge in [-0.1, -0.05) is 30.4 Å². The second-order valence-electron chi connectivity index (χ2n) is 8.37. The summed E-state index contributed by atoms with van der Waals surface area (Å²) >= 11 is 0. The van der Waals surface area contributed by atoms with E-state index in [4.69, 9.17) is 0 Å². The molecule has 2 unspecified atom stereocenters. The largest absolute Gasteiger partial charge is 0.323 e. The number of benzene rings is 1. The van der Waals surface area contributed by atoms with Crippen molar-refractivity contribution in [3.8, 4) is 0 Å². The second-order valence-corrected chi connectivity index (χ2v) is 8.37. The third-order valence-corrected chi connectivity index (χ3v) is 6.57. The fourth-order valence-electron chi connectivity index (χ4n) is 5.00. The Labute approximate surface area is 165 Å². The van der Waals surface area contributed by atoms with Crippen molar-refractivity contribution in [1.82, 2.24) is 15.5 Å². The van der Waals surface area contributed by atoms with Crippen molar-refractivity contribution in [2.24, 2.45) is 11.8 Å². The second kappa shape index (κ2) is 8.03. The van der Waals surface area contributed by atoms with Crippen LogP contribution in [0.2, 0.25) is 0 Å². The van der Waals surface area contributed by atoms with Crippen molar-refractivity contribution in [2.75, 3.05) is 19.6 Å².